The molecule has 0 bridgehead atoms. The Hall–Kier alpha value is -2.03. The lowest BCUT2D eigenvalue weighted by atomic mass is 10.3. The van der Waals surface area contributed by atoms with Gasteiger partial charge in [-0.2, -0.15) is 5.26 Å². The smallest absolute Gasteiger partial charge is 0.268 e. The number of nitriles is 1. The normalized spacial score (nSPS) is 11.0. The molecule has 0 heterocycles. The van der Waals surface area contributed by atoms with E-state index in [1.807, 2.05) is 0 Å². The number of nitrogens with zero attached hydrogens (tertiary/aromatic N) is 3. The first kappa shape index (κ1) is 11.0. The average Bonchev–Trinajstić information content (AvgIpc) is 2.09. The van der Waals surface area contributed by atoms with Crippen LogP contribution in [0.5, 0.6) is 0 Å². The lowest BCUT2D eigenvalue weighted by Crippen LogP contribution is -2.24. The average molecular weight is 182 g/mol. The summed E-state index contributed by atoms with van der Waals surface area (Å²) in [5.41, 5.74) is -0.0649. The molecule has 0 saturated heterocycles. The van der Waals surface area contributed by atoms with Crippen LogP contribution in [-0.2, 0) is 4.79 Å². The van der Waals surface area contributed by atoms with Crippen LogP contribution in [0.4, 0.5) is 0 Å². The first-order valence-electron chi connectivity index (χ1n) is 3.37. The lowest BCUT2D eigenvalue weighted by molar-refractivity contribution is -0.115. The van der Waals surface area contributed by atoms with E-state index >= 15 is 0 Å². The van der Waals surface area contributed by atoms with Crippen LogP contribution in [0.3, 0.4) is 0 Å². The third-order valence-corrected chi connectivity index (χ3v) is 1.01. The molecule has 0 atom stereocenters. The summed E-state index contributed by atoms with van der Waals surface area (Å²) in [6, 6.07) is 1.71. The second-order valence-electron chi connectivity index (χ2n) is 2.34. The highest BCUT2D eigenvalue weighted by atomic mass is 16.4. The fourth-order valence-electron chi connectivity index (χ4n) is 0.562. The monoisotopic (exact) mass is 182 g/mol. The van der Waals surface area contributed by atoms with E-state index in [0.717, 1.165) is 6.34 Å². The van der Waals surface area contributed by atoms with Crippen molar-refractivity contribution in [3.63, 3.8) is 0 Å². The zero-order valence-electron chi connectivity index (χ0n) is 7.35. The molecule has 0 saturated carbocycles. The summed E-state index contributed by atoms with van der Waals surface area (Å²) in [6.45, 7) is 0. The number of nitrogens with one attached hydrogen (secondary N) is 1. The molecule has 0 aliphatic rings. The summed E-state index contributed by atoms with van der Waals surface area (Å²) in [4.78, 5) is 12.6. The molecule has 13 heavy (non-hydrogen) atoms. The van der Waals surface area contributed by atoms with Gasteiger partial charge in [0.05, 0.1) is 0 Å². The first-order chi connectivity index (χ1) is 6.11. The molecule has 0 rings (SSSR count). The van der Waals surface area contributed by atoms with Gasteiger partial charge in [-0.3, -0.25) is 4.79 Å². The van der Waals surface area contributed by atoms with Crippen molar-refractivity contribution in [2.24, 2.45) is 5.16 Å². The standard InChI is InChI=1S/C7H10N4O2/c1-11(2)4-6(3-8)7(12)9-5-10-13/h4-5,13H,1-2H3,(H,9,10,12)/b6-4-. The zero-order chi connectivity index (χ0) is 10.3. The highest BCUT2D eigenvalue weighted by molar-refractivity contribution is 6.02. The predicted molar refractivity (Wildman–Crippen MR) is 45.8 cm³/mol. The van der Waals surface area contributed by atoms with Gasteiger partial charge in [-0.1, -0.05) is 5.16 Å². The maximum absolute atomic E-state index is 11.0. The summed E-state index contributed by atoms with van der Waals surface area (Å²) in [5, 5.41) is 21.2. The minimum absolute atomic E-state index is 0.0649. The molecule has 0 unspecified atom stereocenters. The van der Waals surface area contributed by atoms with Crippen LogP contribution in [0.1, 0.15) is 0 Å². The van der Waals surface area contributed by atoms with Gasteiger partial charge in [-0.15, -0.1) is 0 Å². The van der Waals surface area contributed by atoms with Crippen molar-refractivity contribution in [1.82, 2.24) is 10.2 Å². The second kappa shape index (κ2) is 5.60. The molecule has 0 aliphatic heterocycles. The summed E-state index contributed by atoms with van der Waals surface area (Å²) < 4.78 is 0. The molecule has 70 valence electrons. The second-order valence-corrected chi connectivity index (χ2v) is 2.34. The van der Waals surface area contributed by atoms with Gasteiger partial charge in [-0.05, 0) is 0 Å². The quantitative estimate of drug-likeness (QED) is 0.154. The molecule has 1 amide bonds. The van der Waals surface area contributed by atoms with E-state index in [1.54, 1.807) is 25.1 Å². The van der Waals surface area contributed by atoms with Gasteiger partial charge in [0.1, 0.15) is 18.0 Å². The Morgan fingerprint density at radius 3 is 2.69 bits per heavy atom. The molecule has 0 aromatic heterocycles. The van der Waals surface area contributed by atoms with Gasteiger partial charge < -0.3 is 15.4 Å². The van der Waals surface area contributed by atoms with Gasteiger partial charge in [0, 0.05) is 20.3 Å². The van der Waals surface area contributed by atoms with Crippen LogP contribution >= 0.6 is 0 Å². The number of hydrogen-bond donors (Lipinski definition) is 2. The van der Waals surface area contributed by atoms with Crippen molar-refractivity contribution in [2.75, 3.05) is 14.1 Å². The van der Waals surface area contributed by atoms with Crippen LogP contribution in [0, 0.1) is 11.3 Å². The number of carbonyl (C=O) groups excluding carboxylic acids is 1. The molecule has 0 aromatic carbocycles. The highest BCUT2D eigenvalue weighted by Gasteiger charge is 2.06. The molecular formula is C7H10N4O2. The molecule has 0 aromatic rings. The van der Waals surface area contributed by atoms with Crippen molar-refractivity contribution in [1.29, 1.82) is 5.26 Å². The molecule has 0 radical (unpaired) electrons. The van der Waals surface area contributed by atoms with Crippen LogP contribution in [0.15, 0.2) is 16.9 Å². The minimum atomic E-state index is -0.617. The molecule has 2 N–H and O–H groups in total. The number of hydrogen-bond acceptors (Lipinski definition) is 5. The van der Waals surface area contributed by atoms with Crippen molar-refractivity contribution >= 4 is 12.2 Å². The van der Waals surface area contributed by atoms with E-state index in [-0.39, 0.29) is 5.57 Å². The van der Waals surface area contributed by atoms with Gasteiger partial charge >= 0.3 is 0 Å². The van der Waals surface area contributed by atoms with E-state index in [4.69, 9.17) is 10.5 Å². The largest absolute Gasteiger partial charge is 0.410 e. The molecule has 6 nitrogen and oxygen atoms in total. The summed E-state index contributed by atoms with van der Waals surface area (Å²) in [7, 11) is 3.37. The van der Waals surface area contributed by atoms with E-state index in [9.17, 15) is 4.79 Å². The topological polar surface area (TPSA) is 88.7 Å². The van der Waals surface area contributed by atoms with Crippen LogP contribution in [0.2, 0.25) is 0 Å². The fraction of sp³-hybridized carbons (Fsp3) is 0.286. The lowest BCUT2D eigenvalue weighted by Gasteiger charge is -2.04. The number of oxime groups is 1. The Balaban J connectivity index is 4.44. The van der Waals surface area contributed by atoms with Crippen LogP contribution in [0.25, 0.3) is 0 Å². The van der Waals surface area contributed by atoms with E-state index in [2.05, 4.69) is 10.5 Å². The molecule has 0 spiro atoms. The summed E-state index contributed by atoms with van der Waals surface area (Å²) in [6.07, 6.45) is 2.16. The Morgan fingerprint density at radius 2 is 2.31 bits per heavy atom. The van der Waals surface area contributed by atoms with Gasteiger partial charge in [0.15, 0.2) is 0 Å². The fourth-order valence-corrected chi connectivity index (χ4v) is 0.562. The van der Waals surface area contributed by atoms with E-state index < -0.39 is 5.91 Å². The summed E-state index contributed by atoms with van der Waals surface area (Å²) >= 11 is 0. The molecule has 0 fully saturated rings. The highest BCUT2D eigenvalue weighted by Crippen LogP contribution is 1.92. The third-order valence-electron chi connectivity index (χ3n) is 1.01. The maximum atomic E-state index is 11.0. The SMILES string of the molecule is CN(C)/C=C(/C#N)C(=O)N/C=N\O. The summed E-state index contributed by atoms with van der Waals surface area (Å²) in [5.74, 6) is -0.617. The third kappa shape index (κ3) is 4.42. The van der Waals surface area contributed by atoms with E-state index in [1.165, 1.54) is 6.20 Å². The van der Waals surface area contributed by atoms with Crippen LogP contribution < -0.4 is 5.32 Å². The van der Waals surface area contributed by atoms with Crippen molar-refractivity contribution in [3.05, 3.63) is 11.8 Å². The first-order valence-corrected chi connectivity index (χ1v) is 3.37. The number of carbonyl (C=O) groups is 1. The van der Waals surface area contributed by atoms with Crippen molar-refractivity contribution in [3.8, 4) is 6.07 Å². The van der Waals surface area contributed by atoms with Crippen molar-refractivity contribution < 1.29 is 10.0 Å². The zero-order valence-corrected chi connectivity index (χ0v) is 7.35. The molecule has 6 heteroatoms. The van der Waals surface area contributed by atoms with Crippen LogP contribution in [-0.4, -0.2) is 36.4 Å². The Bertz CT molecular complexity index is 275. The van der Waals surface area contributed by atoms with Crippen molar-refractivity contribution in [2.45, 2.75) is 0 Å². The van der Waals surface area contributed by atoms with E-state index in [0.29, 0.717) is 0 Å². The molecule has 0 aliphatic carbocycles. The number of rotatable bonds is 3. The Kier molecular flexibility index (Phi) is 4.72. The predicted octanol–water partition coefficient (Wildman–Crippen LogP) is -0.511. The van der Waals surface area contributed by atoms with Gasteiger partial charge in [0.25, 0.3) is 5.91 Å². The van der Waals surface area contributed by atoms with Gasteiger partial charge in [0.2, 0.25) is 0 Å². The molecular weight excluding hydrogens is 172 g/mol. The Labute approximate surface area is 75.7 Å². The maximum Gasteiger partial charge on any atom is 0.268 e. The Morgan fingerprint density at radius 1 is 1.69 bits per heavy atom. The number of amides is 1. The van der Waals surface area contributed by atoms with Gasteiger partial charge in [-0.25, -0.2) is 0 Å². The minimum Gasteiger partial charge on any atom is -0.410 e.